The molecule has 3 amide bonds. The van der Waals surface area contributed by atoms with Crippen molar-refractivity contribution in [3.8, 4) is 6.07 Å². The summed E-state index contributed by atoms with van der Waals surface area (Å²) in [7, 11) is 0. The van der Waals surface area contributed by atoms with Gasteiger partial charge in [-0.2, -0.15) is 5.26 Å². The van der Waals surface area contributed by atoms with Gasteiger partial charge in [-0.25, -0.2) is 4.79 Å². The zero-order valence-electron chi connectivity index (χ0n) is 19.5. The van der Waals surface area contributed by atoms with Crippen LogP contribution < -0.4 is 10.2 Å². The molecule has 1 saturated heterocycles. The van der Waals surface area contributed by atoms with Crippen LogP contribution in [-0.2, 0) is 6.54 Å². The molecule has 1 heterocycles. The Balaban J connectivity index is 1.41. The second kappa shape index (κ2) is 10.2. The Kier molecular flexibility index (Phi) is 6.93. The molecule has 6 nitrogen and oxygen atoms in total. The van der Waals surface area contributed by atoms with Crippen molar-refractivity contribution in [3.05, 3.63) is 95.1 Å². The average molecular weight is 453 g/mol. The molecule has 0 saturated carbocycles. The second-order valence-electron chi connectivity index (χ2n) is 8.80. The van der Waals surface area contributed by atoms with Crippen molar-refractivity contribution >= 4 is 23.3 Å². The summed E-state index contributed by atoms with van der Waals surface area (Å²) in [5, 5.41) is 11.9. The molecule has 1 aliphatic heterocycles. The number of carbonyl (C=O) groups excluding carboxylic acids is 2. The van der Waals surface area contributed by atoms with Gasteiger partial charge in [-0.1, -0.05) is 44.2 Å². The van der Waals surface area contributed by atoms with Crippen LogP contribution in [0.2, 0.25) is 0 Å². The van der Waals surface area contributed by atoms with Crippen LogP contribution in [-0.4, -0.2) is 29.9 Å². The van der Waals surface area contributed by atoms with Gasteiger partial charge in [-0.15, -0.1) is 0 Å². The summed E-state index contributed by atoms with van der Waals surface area (Å²) >= 11 is 0. The third-order valence-electron chi connectivity index (χ3n) is 6.02. The average Bonchev–Trinajstić information content (AvgIpc) is 2.86. The summed E-state index contributed by atoms with van der Waals surface area (Å²) in [6, 6.07) is 24.3. The van der Waals surface area contributed by atoms with Crippen molar-refractivity contribution < 1.29 is 9.59 Å². The van der Waals surface area contributed by atoms with Crippen LogP contribution in [0.4, 0.5) is 16.2 Å². The van der Waals surface area contributed by atoms with E-state index in [1.807, 2.05) is 23.1 Å². The minimum absolute atomic E-state index is 0.00992. The molecule has 0 bridgehead atoms. The molecule has 3 aromatic carbocycles. The van der Waals surface area contributed by atoms with E-state index in [0.29, 0.717) is 35.8 Å². The van der Waals surface area contributed by atoms with Crippen LogP contribution >= 0.6 is 0 Å². The SMILES string of the molecule is CC(C)c1ccc(CN2CCCN(c3ccc(NC(=O)c4cccc(C#N)c4)cc3)C2=O)cc1. The highest BCUT2D eigenvalue weighted by Crippen LogP contribution is 2.24. The highest BCUT2D eigenvalue weighted by molar-refractivity contribution is 6.04. The van der Waals surface area contributed by atoms with Crippen molar-refractivity contribution in [1.29, 1.82) is 5.26 Å². The molecule has 6 heteroatoms. The van der Waals surface area contributed by atoms with Gasteiger partial charge >= 0.3 is 6.03 Å². The Morgan fingerprint density at radius 3 is 2.44 bits per heavy atom. The number of amides is 3. The molecule has 1 aliphatic rings. The molecule has 34 heavy (non-hydrogen) atoms. The Hall–Kier alpha value is -4.11. The standard InChI is InChI=1S/C28H28N4O2/c1-20(2)23-9-7-21(8-10-23)19-31-15-4-16-32(28(31)34)26-13-11-25(12-14-26)30-27(33)24-6-3-5-22(17-24)18-29/h3,5-14,17,20H,4,15-16,19H2,1-2H3,(H,30,33). The maximum absolute atomic E-state index is 13.2. The topological polar surface area (TPSA) is 76.4 Å². The molecular formula is C28H28N4O2. The van der Waals surface area contributed by atoms with Gasteiger partial charge < -0.3 is 10.2 Å². The quantitative estimate of drug-likeness (QED) is 0.516. The monoisotopic (exact) mass is 452 g/mol. The summed E-state index contributed by atoms with van der Waals surface area (Å²) in [6.07, 6.45) is 0.892. The molecule has 172 valence electrons. The van der Waals surface area contributed by atoms with Crippen molar-refractivity contribution in [3.63, 3.8) is 0 Å². The number of hydrogen-bond acceptors (Lipinski definition) is 3. The van der Waals surface area contributed by atoms with Gasteiger partial charge in [0, 0.05) is 36.6 Å². The van der Waals surface area contributed by atoms with E-state index >= 15 is 0 Å². The third kappa shape index (κ3) is 5.26. The maximum Gasteiger partial charge on any atom is 0.324 e. The summed E-state index contributed by atoms with van der Waals surface area (Å²) < 4.78 is 0. The van der Waals surface area contributed by atoms with Crippen LogP contribution in [0.5, 0.6) is 0 Å². The molecular weight excluding hydrogens is 424 g/mol. The molecule has 0 spiro atoms. The van der Waals surface area contributed by atoms with Crippen LogP contribution in [0, 0.1) is 11.3 Å². The predicted molar refractivity (Wildman–Crippen MR) is 134 cm³/mol. The van der Waals surface area contributed by atoms with Gasteiger partial charge in [0.15, 0.2) is 0 Å². The molecule has 0 atom stereocenters. The number of urea groups is 1. The fourth-order valence-electron chi connectivity index (χ4n) is 4.05. The maximum atomic E-state index is 13.2. The Morgan fingerprint density at radius 1 is 1.03 bits per heavy atom. The van der Waals surface area contributed by atoms with E-state index in [2.05, 4.69) is 43.4 Å². The van der Waals surface area contributed by atoms with Crippen molar-refractivity contribution in [2.45, 2.75) is 32.7 Å². The summed E-state index contributed by atoms with van der Waals surface area (Å²) in [5.74, 6) is 0.199. The highest BCUT2D eigenvalue weighted by Gasteiger charge is 2.26. The number of benzene rings is 3. The first-order valence-electron chi connectivity index (χ1n) is 11.5. The number of nitrogens with zero attached hydrogens (tertiary/aromatic N) is 3. The third-order valence-corrected chi connectivity index (χ3v) is 6.02. The summed E-state index contributed by atoms with van der Waals surface area (Å²) in [4.78, 5) is 29.3. The highest BCUT2D eigenvalue weighted by atomic mass is 16.2. The van der Waals surface area contributed by atoms with Crippen LogP contribution in [0.1, 0.15) is 53.2 Å². The van der Waals surface area contributed by atoms with E-state index in [4.69, 9.17) is 5.26 Å². The first-order valence-corrected chi connectivity index (χ1v) is 11.5. The van der Waals surface area contributed by atoms with Gasteiger partial charge in [0.05, 0.1) is 11.6 Å². The second-order valence-corrected chi connectivity index (χ2v) is 8.80. The number of carbonyl (C=O) groups is 2. The lowest BCUT2D eigenvalue weighted by molar-refractivity contribution is 0.102. The molecule has 0 aromatic heterocycles. The van der Waals surface area contributed by atoms with Gasteiger partial charge in [0.1, 0.15) is 0 Å². The molecule has 1 N–H and O–H groups in total. The van der Waals surface area contributed by atoms with Crippen LogP contribution in [0.15, 0.2) is 72.8 Å². The van der Waals surface area contributed by atoms with E-state index in [9.17, 15) is 9.59 Å². The van der Waals surface area contributed by atoms with Gasteiger partial charge in [-0.05, 0) is 65.9 Å². The Morgan fingerprint density at radius 2 is 1.76 bits per heavy atom. The predicted octanol–water partition coefficient (Wildman–Crippen LogP) is 5.77. The molecule has 1 fully saturated rings. The fraction of sp³-hybridized carbons (Fsp3) is 0.250. The Bertz CT molecular complexity index is 1210. The molecule has 4 rings (SSSR count). The van der Waals surface area contributed by atoms with Crippen molar-refractivity contribution in [2.24, 2.45) is 0 Å². The molecule has 0 radical (unpaired) electrons. The van der Waals surface area contributed by atoms with Gasteiger partial charge in [-0.3, -0.25) is 9.69 Å². The number of nitrogens with one attached hydrogen (secondary N) is 1. The number of rotatable bonds is 6. The van der Waals surface area contributed by atoms with E-state index in [1.165, 1.54) is 5.56 Å². The first kappa shape index (κ1) is 23.1. The van der Waals surface area contributed by atoms with Crippen LogP contribution in [0.3, 0.4) is 0 Å². The van der Waals surface area contributed by atoms with E-state index in [0.717, 1.165) is 24.2 Å². The zero-order chi connectivity index (χ0) is 24.1. The first-order chi connectivity index (χ1) is 16.4. The van der Waals surface area contributed by atoms with Gasteiger partial charge in [0.2, 0.25) is 0 Å². The lowest BCUT2D eigenvalue weighted by atomic mass is 10.0. The lowest BCUT2D eigenvalue weighted by Gasteiger charge is -2.35. The zero-order valence-corrected chi connectivity index (χ0v) is 19.5. The summed E-state index contributed by atoms with van der Waals surface area (Å²) in [5.41, 5.74) is 4.70. The van der Waals surface area contributed by atoms with Crippen molar-refractivity contribution in [1.82, 2.24) is 4.90 Å². The molecule has 0 aliphatic carbocycles. The van der Waals surface area contributed by atoms with E-state index in [-0.39, 0.29) is 11.9 Å². The Labute approximate surface area is 200 Å². The minimum Gasteiger partial charge on any atom is -0.322 e. The fourth-order valence-corrected chi connectivity index (χ4v) is 4.05. The van der Waals surface area contributed by atoms with Gasteiger partial charge in [0.25, 0.3) is 5.91 Å². The number of nitriles is 1. The van der Waals surface area contributed by atoms with E-state index in [1.54, 1.807) is 41.3 Å². The number of hydrogen-bond donors (Lipinski definition) is 1. The largest absolute Gasteiger partial charge is 0.324 e. The number of anilines is 2. The summed E-state index contributed by atoms with van der Waals surface area (Å²) in [6.45, 7) is 6.32. The normalized spacial score (nSPS) is 13.6. The smallest absolute Gasteiger partial charge is 0.322 e. The lowest BCUT2D eigenvalue weighted by Crippen LogP contribution is -2.49. The van der Waals surface area contributed by atoms with Crippen molar-refractivity contribution in [2.75, 3.05) is 23.3 Å². The van der Waals surface area contributed by atoms with Crippen LogP contribution in [0.25, 0.3) is 0 Å². The van der Waals surface area contributed by atoms with E-state index < -0.39 is 0 Å². The molecule has 3 aromatic rings. The minimum atomic E-state index is -0.284. The molecule has 0 unspecified atom stereocenters.